The Balaban J connectivity index is 2.10. The van der Waals surface area contributed by atoms with Gasteiger partial charge in [-0.05, 0) is 29.8 Å². The number of aliphatic hydroxyl groups is 1. The van der Waals surface area contributed by atoms with Gasteiger partial charge in [0.15, 0.2) is 0 Å². The zero-order valence-electron chi connectivity index (χ0n) is 12.4. The van der Waals surface area contributed by atoms with Crippen molar-refractivity contribution in [3.05, 3.63) is 64.7 Å². The quantitative estimate of drug-likeness (QED) is 0.872. The van der Waals surface area contributed by atoms with Gasteiger partial charge in [-0.25, -0.2) is 13.6 Å². The third kappa shape index (κ3) is 3.25. The zero-order valence-corrected chi connectivity index (χ0v) is 14.0. The molecule has 0 saturated carbocycles. The molecule has 0 aliphatic carbocycles. The Labute approximate surface area is 144 Å². The molecule has 0 saturated heterocycles. The van der Waals surface area contributed by atoms with E-state index in [0.717, 1.165) is 16.7 Å². The van der Waals surface area contributed by atoms with Crippen molar-refractivity contribution in [2.24, 2.45) is 15.4 Å². The average molecular weight is 364 g/mol. The molecule has 8 heteroatoms. The first-order valence-corrected chi connectivity index (χ1v) is 8.97. The Morgan fingerprint density at radius 2 is 1.62 bits per heavy atom. The molecule has 2 aromatic carbocycles. The van der Waals surface area contributed by atoms with Crippen LogP contribution in [0.15, 0.2) is 63.7 Å². The summed E-state index contributed by atoms with van der Waals surface area (Å²) in [4.78, 5) is 0.0207. The second-order valence-corrected chi connectivity index (χ2v) is 7.25. The summed E-state index contributed by atoms with van der Waals surface area (Å²) in [5.41, 5.74) is 2.87. The highest BCUT2D eigenvalue weighted by Crippen LogP contribution is 2.37. The van der Waals surface area contributed by atoms with Gasteiger partial charge in [-0.2, -0.15) is 10.2 Å². The van der Waals surface area contributed by atoms with Crippen LogP contribution in [-0.4, -0.2) is 26.2 Å². The number of sulfonamides is 1. The smallest absolute Gasteiger partial charge is 0.238 e. The highest BCUT2D eigenvalue weighted by molar-refractivity contribution is 7.89. The minimum atomic E-state index is -3.76. The van der Waals surface area contributed by atoms with E-state index >= 15 is 0 Å². The van der Waals surface area contributed by atoms with Gasteiger partial charge in [0.2, 0.25) is 10.0 Å². The number of rotatable bonds is 4. The normalized spacial score (nSPS) is 17.5. The lowest BCUT2D eigenvalue weighted by Gasteiger charge is -2.11. The summed E-state index contributed by atoms with van der Waals surface area (Å²) in [6, 6.07) is 12.7. The van der Waals surface area contributed by atoms with Crippen LogP contribution in [0.4, 0.5) is 0 Å². The van der Waals surface area contributed by atoms with Crippen molar-refractivity contribution >= 4 is 32.9 Å². The van der Waals surface area contributed by atoms with Crippen molar-refractivity contribution in [1.82, 2.24) is 0 Å². The van der Waals surface area contributed by atoms with E-state index in [1.54, 1.807) is 24.3 Å². The number of benzene rings is 2. The van der Waals surface area contributed by atoms with Gasteiger partial charge in [-0.15, -0.1) is 0 Å². The van der Waals surface area contributed by atoms with E-state index in [4.69, 9.17) is 16.7 Å². The predicted octanol–water partition coefficient (Wildman–Crippen LogP) is 2.68. The van der Waals surface area contributed by atoms with Crippen LogP contribution >= 0.6 is 11.6 Å². The van der Waals surface area contributed by atoms with E-state index in [1.165, 1.54) is 12.1 Å². The Hall–Kier alpha value is -2.06. The van der Waals surface area contributed by atoms with Gasteiger partial charge in [0.25, 0.3) is 0 Å². The number of hydrogen-bond donors (Lipinski definition) is 2. The highest BCUT2D eigenvalue weighted by atomic mass is 35.5. The Bertz CT molecular complexity index is 920. The summed E-state index contributed by atoms with van der Waals surface area (Å²) in [5, 5.41) is 23.6. The molecular weight excluding hydrogens is 350 g/mol. The first kappa shape index (κ1) is 16.8. The topological polar surface area (TPSA) is 105 Å². The van der Waals surface area contributed by atoms with Crippen LogP contribution in [0, 0.1) is 0 Å². The summed E-state index contributed by atoms with van der Waals surface area (Å²) in [6.07, 6.45) is 0. The second kappa shape index (κ2) is 6.45. The molecule has 1 unspecified atom stereocenters. The molecule has 0 fully saturated rings. The van der Waals surface area contributed by atoms with Crippen LogP contribution in [0.3, 0.4) is 0 Å². The molecule has 6 nitrogen and oxygen atoms in total. The van der Waals surface area contributed by atoms with Gasteiger partial charge >= 0.3 is 0 Å². The average Bonchev–Trinajstić information content (AvgIpc) is 2.99. The molecule has 2 aromatic rings. The Morgan fingerprint density at radius 3 is 2.17 bits per heavy atom. The second-order valence-electron chi connectivity index (χ2n) is 5.25. The minimum absolute atomic E-state index is 0.0207. The molecule has 0 bridgehead atoms. The lowest BCUT2D eigenvalue weighted by Crippen LogP contribution is -2.13. The molecule has 0 aromatic heterocycles. The number of primary sulfonamides is 1. The fourth-order valence-electron chi connectivity index (χ4n) is 2.50. The summed E-state index contributed by atoms with van der Waals surface area (Å²) in [5.74, 6) is 0. The molecule has 3 N–H and O–H groups in total. The number of azo groups is 1. The van der Waals surface area contributed by atoms with E-state index in [2.05, 4.69) is 10.2 Å². The van der Waals surface area contributed by atoms with Gasteiger partial charge < -0.3 is 5.11 Å². The molecule has 0 amide bonds. The van der Waals surface area contributed by atoms with Crippen molar-refractivity contribution in [2.75, 3.05) is 6.61 Å². The number of aliphatic hydroxyl groups excluding tert-OH is 1. The standard InChI is InChI=1S/C16H14ClN3O3S/c17-12-5-1-11(2-6-12)16-15(14(9-21)19-20-16)10-3-7-13(8-4-10)24(18,22)23/h1-8,14,21H,9H2,(H2,18,22,23). The van der Waals surface area contributed by atoms with Crippen LogP contribution < -0.4 is 5.14 Å². The van der Waals surface area contributed by atoms with Crippen molar-refractivity contribution in [3.63, 3.8) is 0 Å². The van der Waals surface area contributed by atoms with Gasteiger partial charge in [0.1, 0.15) is 6.04 Å². The largest absolute Gasteiger partial charge is 0.394 e. The van der Waals surface area contributed by atoms with Crippen LogP contribution in [0.25, 0.3) is 11.3 Å². The maximum atomic E-state index is 11.4. The number of nitrogens with zero attached hydrogens (tertiary/aromatic N) is 2. The van der Waals surface area contributed by atoms with Crippen molar-refractivity contribution in [1.29, 1.82) is 0 Å². The molecule has 1 aliphatic rings. The summed E-state index contributed by atoms with van der Waals surface area (Å²) < 4.78 is 22.8. The van der Waals surface area contributed by atoms with E-state index < -0.39 is 16.1 Å². The molecule has 0 radical (unpaired) electrons. The Kier molecular flexibility index (Phi) is 4.51. The molecule has 1 heterocycles. The summed E-state index contributed by atoms with van der Waals surface area (Å²) in [6.45, 7) is -0.202. The zero-order chi connectivity index (χ0) is 17.3. The lowest BCUT2D eigenvalue weighted by molar-refractivity contribution is 0.286. The highest BCUT2D eigenvalue weighted by Gasteiger charge is 2.26. The maximum Gasteiger partial charge on any atom is 0.238 e. The van der Waals surface area contributed by atoms with E-state index in [0.29, 0.717) is 10.7 Å². The van der Waals surface area contributed by atoms with Gasteiger partial charge in [0.05, 0.1) is 17.2 Å². The number of hydrogen-bond acceptors (Lipinski definition) is 5. The fourth-order valence-corrected chi connectivity index (χ4v) is 3.14. The molecule has 1 aliphatic heterocycles. The first-order valence-electron chi connectivity index (χ1n) is 7.05. The fraction of sp³-hybridized carbons (Fsp3) is 0.125. The Morgan fingerprint density at radius 1 is 1.04 bits per heavy atom. The minimum Gasteiger partial charge on any atom is -0.394 e. The SMILES string of the molecule is NS(=O)(=O)c1ccc(C2=C(c3ccc(Cl)cc3)N=NC2CO)cc1. The molecule has 3 rings (SSSR count). The molecule has 0 spiro atoms. The van der Waals surface area contributed by atoms with Crippen molar-refractivity contribution in [2.45, 2.75) is 10.9 Å². The molecular formula is C16H14ClN3O3S. The van der Waals surface area contributed by atoms with Gasteiger partial charge in [-0.1, -0.05) is 35.9 Å². The van der Waals surface area contributed by atoms with Crippen molar-refractivity contribution < 1.29 is 13.5 Å². The molecule has 24 heavy (non-hydrogen) atoms. The van der Waals surface area contributed by atoms with Crippen LogP contribution in [0.2, 0.25) is 5.02 Å². The van der Waals surface area contributed by atoms with Crippen LogP contribution in [0.5, 0.6) is 0 Å². The lowest BCUT2D eigenvalue weighted by atomic mass is 9.95. The van der Waals surface area contributed by atoms with E-state index in [-0.39, 0.29) is 11.5 Å². The maximum absolute atomic E-state index is 11.4. The molecule has 1 atom stereocenters. The monoisotopic (exact) mass is 363 g/mol. The third-order valence-corrected chi connectivity index (χ3v) is 4.85. The van der Waals surface area contributed by atoms with Crippen LogP contribution in [-0.2, 0) is 10.0 Å². The summed E-state index contributed by atoms with van der Waals surface area (Å²) in [7, 11) is -3.76. The van der Waals surface area contributed by atoms with Crippen LogP contribution in [0.1, 0.15) is 11.1 Å². The van der Waals surface area contributed by atoms with E-state index in [1.807, 2.05) is 12.1 Å². The number of nitrogens with two attached hydrogens (primary N) is 1. The van der Waals surface area contributed by atoms with Gasteiger partial charge in [0, 0.05) is 16.2 Å². The first-order chi connectivity index (χ1) is 11.4. The van der Waals surface area contributed by atoms with E-state index in [9.17, 15) is 13.5 Å². The number of halogens is 1. The third-order valence-electron chi connectivity index (χ3n) is 3.67. The van der Waals surface area contributed by atoms with Gasteiger partial charge in [-0.3, -0.25) is 0 Å². The molecule has 124 valence electrons. The van der Waals surface area contributed by atoms with Crippen molar-refractivity contribution in [3.8, 4) is 0 Å². The summed E-state index contributed by atoms with van der Waals surface area (Å²) >= 11 is 5.91. The predicted molar refractivity (Wildman–Crippen MR) is 91.8 cm³/mol.